The van der Waals surface area contributed by atoms with E-state index in [-0.39, 0.29) is 23.8 Å². The van der Waals surface area contributed by atoms with Gasteiger partial charge >= 0.3 is 0 Å². The molecule has 3 aromatic rings. The molecule has 35 heavy (non-hydrogen) atoms. The van der Waals surface area contributed by atoms with E-state index in [4.69, 9.17) is 13.9 Å². The van der Waals surface area contributed by atoms with Gasteiger partial charge < -0.3 is 23.9 Å². The number of likely N-dealkylation sites (tertiary alicyclic amines) is 1. The number of methoxy groups -OCH3 is 2. The monoisotopic (exact) mass is 475 g/mol. The molecule has 0 aliphatic carbocycles. The third kappa shape index (κ3) is 4.41. The summed E-state index contributed by atoms with van der Waals surface area (Å²) >= 11 is 0. The van der Waals surface area contributed by atoms with Gasteiger partial charge in [0.05, 0.1) is 26.1 Å². The summed E-state index contributed by atoms with van der Waals surface area (Å²) in [6.45, 7) is 6.04. The fraction of sp³-hybridized carbons (Fsp3) is 0.286. The van der Waals surface area contributed by atoms with E-state index in [9.17, 15) is 14.7 Å². The van der Waals surface area contributed by atoms with E-state index in [0.29, 0.717) is 22.8 Å². The Hall–Kier alpha value is -4.00. The summed E-state index contributed by atoms with van der Waals surface area (Å²) in [6.07, 6.45) is 1.48. The molecule has 1 amide bonds. The number of carbonyl (C=O) groups excluding carboxylic acids is 2. The minimum atomic E-state index is -0.865. The largest absolute Gasteiger partial charge is 0.507 e. The number of carbonyl (C=O) groups is 2. The molecule has 1 saturated heterocycles. The summed E-state index contributed by atoms with van der Waals surface area (Å²) < 4.78 is 16.4. The Balaban J connectivity index is 1.85. The number of ether oxygens (including phenoxy) is 2. The summed E-state index contributed by atoms with van der Waals surface area (Å²) in [6, 6.07) is 13.4. The normalized spacial score (nSPS) is 17.3. The number of benzene rings is 2. The van der Waals surface area contributed by atoms with Crippen LogP contribution in [0.2, 0.25) is 0 Å². The van der Waals surface area contributed by atoms with Gasteiger partial charge in [-0.2, -0.15) is 0 Å². The number of amides is 1. The summed E-state index contributed by atoms with van der Waals surface area (Å²) in [5.41, 5.74) is 2.91. The smallest absolute Gasteiger partial charge is 0.296 e. The maximum absolute atomic E-state index is 13.3. The SMILES string of the molecule is COc1ccc(CN2C(=O)C(=O)/C(=C(/O)c3cc(C(C)C)c(OC)cc3C)C2c2ccco2)cc1. The molecule has 0 saturated carbocycles. The van der Waals surface area contributed by atoms with E-state index >= 15 is 0 Å². The third-order valence-corrected chi connectivity index (χ3v) is 6.32. The zero-order valence-electron chi connectivity index (χ0n) is 20.5. The highest BCUT2D eigenvalue weighted by atomic mass is 16.5. The number of furan rings is 1. The number of aliphatic hydroxyl groups excluding tert-OH is 1. The number of hydrogen-bond donors (Lipinski definition) is 1. The summed E-state index contributed by atoms with van der Waals surface area (Å²) in [7, 11) is 3.18. The van der Waals surface area contributed by atoms with Crippen LogP contribution in [0.15, 0.2) is 64.8 Å². The van der Waals surface area contributed by atoms with Gasteiger partial charge in [-0.15, -0.1) is 0 Å². The first-order valence-corrected chi connectivity index (χ1v) is 11.4. The van der Waals surface area contributed by atoms with Crippen molar-refractivity contribution in [2.24, 2.45) is 0 Å². The molecule has 1 N–H and O–H groups in total. The van der Waals surface area contributed by atoms with Crippen LogP contribution < -0.4 is 9.47 Å². The van der Waals surface area contributed by atoms with Crippen LogP contribution in [-0.4, -0.2) is 35.9 Å². The molecule has 1 aromatic heterocycles. The molecular formula is C28H29NO6. The van der Waals surface area contributed by atoms with Gasteiger partial charge in [0, 0.05) is 12.1 Å². The fourth-order valence-corrected chi connectivity index (χ4v) is 4.44. The molecule has 2 heterocycles. The van der Waals surface area contributed by atoms with Crippen LogP contribution in [0, 0.1) is 6.92 Å². The van der Waals surface area contributed by atoms with Crippen LogP contribution in [0.5, 0.6) is 11.5 Å². The molecule has 0 spiro atoms. The van der Waals surface area contributed by atoms with Gasteiger partial charge in [0.2, 0.25) is 0 Å². The lowest BCUT2D eigenvalue weighted by molar-refractivity contribution is -0.140. The van der Waals surface area contributed by atoms with Gasteiger partial charge in [-0.3, -0.25) is 9.59 Å². The molecule has 1 unspecified atom stereocenters. The van der Waals surface area contributed by atoms with Crippen molar-refractivity contribution < 1.29 is 28.6 Å². The highest BCUT2D eigenvalue weighted by Gasteiger charge is 2.47. The number of rotatable bonds is 7. The summed E-state index contributed by atoms with van der Waals surface area (Å²) in [4.78, 5) is 27.9. The summed E-state index contributed by atoms with van der Waals surface area (Å²) in [5, 5.41) is 11.5. The Morgan fingerprint density at radius 1 is 1.09 bits per heavy atom. The number of hydrogen-bond acceptors (Lipinski definition) is 6. The van der Waals surface area contributed by atoms with Crippen molar-refractivity contribution in [3.63, 3.8) is 0 Å². The van der Waals surface area contributed by atoms with E-state index in [2.05, 4.69) is 0 Å². The predicted octanol–water partition coefficient (Wildman–Crippen LogP) is 5.35. The van der Waals surface area contributed by atoms with Gasteiger partial charge in [-0.1, -0.05) is 26.0 Å². The Morgan fingerprint density at radius 3 is 2.37 bits per heavy atom. The van der Waals surface area contributed by atoms with Gasteiger partial charge in [0.1, 0.15) is 29.1 Å². The lowest BCUT2D eigenvalue weighted by Gasteiger charge is -2.24. The highest BCUT2D eigenvalue weighted by molar-refractivity contribution is 6.46. The van der Waals surface area contributed by atoms with E-state index < -0.39 is 17.7 Å². The average molecular weight is 476 g/mol. The molecule has 0 bridgehead atoms. The maximum atomic E-state index is 13.3. The first kappa shape index (κ1) is 24.1. The van der Waals surface area contributed by atoms with Gasteiger partial charge in [-0.25, -0.2) is 0 Å². The van der Waals surface area contributed by atoms with Crippen LogP contribution in [0.1, 0.15) is 53.8 Å². The zero-order valence-corrected chi connectivity index (χ0v) is 20.5. The van der Waals surface area contributed by atoms with Crippen LogP contribution in [0.3, 0.4) is 0 Å². The van der Waals surface area contributed by atoms with Gasteiger partial charge in [0.25, 0.3) is 11.7 Å². The first-order valence-electron chi connectivity index (χ1n) is 11.4. The number of aryl methyl sites for hydroxylation is 1. The standard InChI is InChI=1S/C28H29NO6/c1-16(2)20-14-21(17(3)13-23(20)34-5)26(30)24-25(22-7-6-12-35-22)29(28(32)27(24)31)15-18-8-10-19(33-4)11-9-18/h6-14,16,25,30H,15H2,1-5H3/b26-24+. The Morgan fingerprint density at radius 2 is 1.80 bits per heavy atom. The summed E-state index contributed by atoms with van der Waals surface area (Å²) in [5.74, 6) is 0.234. The molecule has 1 atom stereocenters. The predicted molar refractivity (Wildman–Crippen MR) is 131 cm³/mol. The van der Waals surface area contributed by atoms with Gasteiger partial charge in [-0.05, 0) is 65.9 Å². The molecule has 1 fully saturated rings. The van der Waals surface area contributed by atoms with E-state index in [1.165, 1.54) is 11.2 Å². The minimum absolute atomic E-state index is 0.00133. The highest BCUT2D eigenvalue weighted by Crippen LogP contribution is 2.42. The lowest BCUT2D eigenvalue weighted by atomic mass is 9.92. The van der Waals surface area contributed by atoms with Crippen molar-refractivity contribution in [3.8, 4) is 11.5 Å². The molecule has 2 aromatic carbocycles. The number of Topliss-reactive ketones (excluding diaryl/α,β-unsaturated/α-hetero) is 1. The molecule has 7 nitrogen and oxygen atoms in total. The first-order chi connectivity index (χ1) is 16.8. The lowest BCUT2D eigenvalue weighted by Crippen LogP contribution is -2.29. The number of aliphatic hydroxyl groups is 1. The molecule has 0 radical (unpaired) electrons. The van der Waals surface area contributed by atoms with Crippen molar-refractivity contribution in [1.29, 1.82) is 0 Å². The Labute approximate surface area is 204 Å². The molecule has 4 rings (SSSR count). The van der Waals surface area contributed by atoms with Crippen LogP contribution >= 0.6 is 0 Å². The third-order valence-electron chi connectivity index (χ3n) is 6.32. The van der Waals surface area contributed by atoms with Crippen molar-refractivity contribution in [2.75, 3.05) is 14.2 Å². The maximum Gasteiger partial charge on any atom is 0.296 e. The van der Waals surface area contributed by atoms with E-state index in [0.717, 1.165) is 16.7 Å². The zero-order chi connectivity index (χ0) is 25.3. The van der Waals surface area contributed by atoms with Crippen LogP contribution in [-0.2, 0) is 16.1 Å². The molecule has 1 aliphatic rings. The van der Waals surface area contributed by atoms with Crippen LogP contribution in [0.25, 0.3) is 5.76 Å². The van der Waals surface area contributed by atoms with E-state index in [1.807, 2.05) is 45.0 Å². The van der Waals surface area contributed by atoms with Gasteiger partial charge in [0.15, 0.2) is 0 Å². The quantitative estimate of drug-likeness (QED) is 0.281. The van der Waals surface area contributed by atoms with Crippen molar-refractivity contribution >= 4 is 17.4 Å². The second kappa shape index (κ2) is 9.70. The average Bonchev–Trinajstić information content (AvgIpc) is 3.46. The minimum Gasteiger partial charge on any atom is -0.507 e. The Bertz CT molecular complexity index is 1270. The van der Waals surface area contributed by atoms with E-state index in [1.54, 1.807) is 38.5 Å². The van der Waals surface area contributed by atoms with Crippen LogP contribution in [0.4, 0.5) is 0 Å². The fourth-order valence-electron chi connectivity index (χ4n) is 4.44. The second-order valence-corrected chi connectivity index (χ2v) is 8.85. The molecule has 1 aliphatic heterocycles. The number of nitrogens with zero attached hydrogens (tertiary/aromatic N) is 1. The molecule has 7 heteroatoms. The van der Waals surface area contributed by atoms with Crippen molar-refractivity contribution in [2.45, 2.75) is 39.3 Å². The van der Waals surface area contributed by atoms with Crippen molar-refractivity contribution in [3.05, 3.63) is 88.4 Å². The molecule has 182 valence electrons. The second-order valence-electron chi connectivity index (χ2n) is 8.85. The van der Waals surface area contributed by atoms with Crippen molar-refractivity contribution in [1.82, 2.24) is 4.90 Å². The topological polar surface area (TPSA) is 89.2 Å². The Kier molecular flexibility index (Phi) is 6.69. The molecular weight excluding hydrogens is 446 g/mol. The number of ketones is 1.